The van der Waals surface area contributed by atoms with Crippen LogP contribution in [0.25, 0.3) is 10.9 Å². The highest BCUT2D eigenvalue weighted by atomic mass is 35.5. The van der Waals surface area contributed by atoms with E-state index in [0.29, 0.717) is 22.6 Å². The Hall–Kier alpha value is -2.59. The Morgan fingerprint density at radius 2 is 1.88 bits per heavy atom. The standard InChI is InChI=1S/C19H17ClN2O2/c1-3-22-11-16(18(23)15-10-13(20)6-9-17(15)22)19(24)21-14-7-4-12(2)5-8-14/h4-11H,3H2,1-2H3,(H,21,24). The number of carbonyl (C=O) groups excluding carboxylic acids is 1. The number of benzene rings is 2. The molecule has 3 rings (SSSR count). The van der Waals surface area contributed by atoms with Gasteiger partial charge in [-0.15, -0.1) is 0 Å². The van der Waals surface area contributed by atoms with Crippen LogP contribution in [0, 0.1) is 6.92 Å². The maximum atomic E-state index is 12.7. The van der Waals surface area contributed by atoms with Crippen LogP contribution < -0.4 is 10.7 Å². The highest BCUT2D eigenvalue weighted by Crippen LogP contribution is 2.18. The average Bonchev–Trinajstić information content (AvgIpc) is 2.57. The fourth-order valence-corrected chi connectivity index (χ4v) is 2.80. The molecule has 3 aromatic rings. The third-order valence-electron chi connectivity index (χ3n) is 3.94. The second kappa shape index (κ2) is 6.49. The fraction of sp³-hybridized carbons (Fsp3) is 0.158. The van der Waals surface area contributed by atoms with E-state index in [2.05, 4.69) is 5.32 Å². The number of carbonyl (C=O) groups is 1. The molecule has 1 aromatic heterocycles. The molecule has 0 saturated carbocycles. The number of hydrogen-bond donors (Lipinski definition) is 1. The number of fused-ring (bicyclic) bond motifs is 1. The van der Waals surface area contributed by atoms with Crippen molar-refractivity contribution in [1.82, 2.24) is 4.57 Å². The molecule has 0 bridgehead atoms. The maximum absolute atomic E-state index is 12.7. The third-order valence-corrected chi connectivity index (χ3v) is 4.17. The summed E-state index contributed by atoms with van der Waals surface area (Å²) in [5.41, 5.74) is 2.30. The Labute approximate surface area is 144 Å². The monoisotopic (exact) mass is 340 g/mol. The zero-order chi connectivity index (χ0) is 17.3. The number of aryl methyl sites for hydroxylation is 2. The van der Waals surface area contributed by atoms with Gasteiger partial charge in [-0.25, -0.2) is 0 Å². The Morgan fingerprint density at radius 1 is 1.17 bits per heavy atom. The lowest BCUT2D eigenvalue weighted by atomic mass is 10.1. The molecule has 0 fully saturated rings. The Balaban J connectivity index is 2.08. The van der Waals surface area contributed by atoms with Crippen molar-refractivity contribution in [3.05, 3.63) is 75.0 Å². The molecule has 122 valence electrons. The first kappa shape index (κ1) is 16.3. The molecule has 1 heterocycles. The van der Waals surface area contributed by atoms with Gasteiger partial charge in [0.1, 0.15) is 5.56 Å². The van der Waals surface area contributed by atoms with Gasteiger partial charge in [-0.05, 0) is 44.2 Å². The molecule has 0 saturated heterocycles. The summed E-state index contributed by atoms with van der Waals surface area (Å²) in [4.78, 5) is 25.3. The predicted molar refractivity (Wildman–Crippen MR) is 98.0 cm³/mol. The van der Waals surface area contributed by atoms with E-state index < -0.39 is 5.91 Å². The van der Waals surface area contributed by atoms with Crippen molar-refractivity contribution < 1.29 is 4.79 Å². The van der Waals surface area contributed by atoms with Crippen molar-refractivity contribution in [3.63, 3.8) is 0 Å². The molecule has 5 heteroatoms. The van der Waals surface area contributed by atoms with Crippen molar-refractivity contribution >= 4 is 34.1 Å². The van der Waals surface area contributed by atoms with Crippen LogP contribution in [0.2, 0.25) is 5.02 Å². The zero-order valence-corrected chi connectivity index (χ0v) is 14.2. The summed E-state index contributed by atoms with van der Waals surface area (Å²) in [5, 5.41) is 3.69. The summed E-state index contributed by atoms with van der Waals surface area (Å²) in [6.45, 7) is 4.57. The zero-order valence-electron chi connectivity index (χ0n) is 13.5. The van der Waals surface area contributed by atoms with Gasteiger partial charge < -0.3 is 9.88 Å². The molecule has 1 amide bonds. The van der Waals surface area contributed by atoms with E-state index in [-0.39, 0.29) is 11.0 Å². The van der Waals surface area contributed by atoms with Gasteiger partial charge in [0.05, 0.1) is 5.52 Å². The smallest absolute Gasteiger partial charge is 0.261 e. The Bertz CT molecular complexity index is 975. The van der Waals surface area contributed by atoms with E-state index in [1.807, 2.05) is 42.7 Å². The molecule has 0 spiro atoms. The van der Waals surface area contributed by atoms with E-state index in [4.69, 9.17) is 11.6 Å². The number of rotatable bonds is 3. The number of hydrogen-bond acceptors (Lipinski definition) is 2. The van der Waals surface area contributed by atoms with Gasteiger partial charge in [-0.1, -0.05) is 29.3 Å². The minimum absolute atomic E-state index is 0.104. The first-order valence-electron chi connectivity index (χ1n) is 7.70. The molecule has 0 aliphatic carbocycles. The second-order valence-corrected chi connectivity index (χ2v) is 6.08. The lowest BCUT2D eigenvalue weighted by Gasteiger charge is -2.12. The van der Waals surface area contributed by atoms with Crippen molar-refractivity contribution in [2.45, 2.75) is 20.4 Å². The number of anilines is 1. The average molecular weight is 341 g/mol. The fourth-order valence-electron chi connectivity index (χ4n) is 2.63. The van der Waals surface area contributed by atoms with Gasteiger partial charge in [0, 0.05) is 28.8 Å². The molecular formula is C19H17ClN2O2. The van der Waals surface area contributed by atoms with Gasteiger partial charge >= 0.3 is 0 Å². The van der Waals surface area contributed by atoms with E-state index in [1.165, 1.54) is 0 Å². The second-order valence-electron chi connectivity index (χ2n) is 5.64. The molecule has 2 aromatic carbocycles. The van der Waals surface area contributed by atoms with Gasteiger partial charge in [-0.2, -0.15) is 0 Å². The summed E-state index contributed by atoms with van der Waals surface area (Å²) in [6.07, 6.45) is 1.60. The van der Waals surface area contributed by atoms with Crippen molar-refractivity contribution in [2.75, 3.05) is 5.32 Å². The lowest BCUT2D eigenvalue weighted by Crippen LogP contribution is -2.23. The summed E-state index contributed by atoms with van der Waals surface area (Å²) in [6, 6.07) is 12.6. The molecule has 0 unspecified atom stereocenters. The van der Waals surface area contributed by atoms with E-state index >= 15 is 0 Å². The molecular weight excluding hydrogens is 324 g/mol. The van der Waals surface area contributed by atoms with Gasteiger partial charge in [0.2, 0.25) is 5.43 Å². The van der Waals surface area contributed by atoms with Crippen molar-refractivity contribution in [2.24, 2.45) is 0 Å². The van der Waals surface area contributed by atoms with Crippen LogP contribution in [0.15, 0.2) is 53.5 Å². The first-order valence-corrected chi connectivity index (χ1v) is 8.08. The molecule has 4 nitrogen and oxygen atoms in total. The van der Waals surface area contributed by atoms with E-state index in [1.54, 1.807) is 24.4 Å². The van der Waals surface area contributed by atoms with Crippen LogP contribution >= 0.6 is 11.6 Å². The summed E-state index contributed by atoms with van der Waals surface area (Å²) >= 11 is 6.01. The summed E-state index contributed by atoms with van der Waals surface area (Å²) in [5.74, 6) is -0.423. The highest BCUT2D eigenvalue weighted by molar-refractivity contribution is 6.31. The number of nitrogens with zero attached hydrogens (tertiary/aromatic N) is 1. The molecule has 0 aliphatic rings. The van der Waals surface area contributed by atoms with Crippen LogP contribution in [-0.2, 0) is 6.54 Å². The summed E-state index contributed by atoms with van der Waals surface area (Å²) in [7, 11) is 0. The minimum atomic E-state index is -0.423. The normalized spacial score (nSPS) is 10.8. The number of pyridine rings is 1. The van der Waals surface area contributed by atoms with E-state index in [0.717, 1.165) is 11.1 Å². The molecule has 0 aliphatic heterocycles. The van der Waals surface area contributed by atoms with Crippen LogP contribution in [0.1, 0.15) is 22.8 Å². The van der Waals surface area contributed by atoms with Crippen molar-refractivity contribution in [1.29, 1.82) is 0 Å². The van der Waals surface area contributed by atoms with Crippen molar-refractivity contribution in [3.8, 4) is 0 Å². The molecule has 1 N–H and O–H groups in total. The largest absolute Gasteiger partial charge is 0.347 e. The molecule has 24 heavy (non-hydrogen) atoms. The number of nitrogens with one attached hydrogen (secondary N) is 1. The Kier molecular flexibility index (Phi) is 4.40. The van der Waals surface area contributed by atoms with Gasteiger partial charge in [0.15, 0.2) is 0 Å². The van der Waals surface area contributed by atoms with Crippen LogP contribution in [0.3, 0.4) is 0 Å². The van der Waals surface area contributed by atoms with Crippen LogP contribution in [-0.4, -0.2) is 10.5 Å². The number of aromatic nitrogens is 1. The predicted octanol–water partition coefficient (Wildman–Crippen LogP) is 4.24. The number of amides is 1. The number of halogens is 1. The third kappa shape index (κ3) is 3.05. The molecule has 0 atom stereocenters. The quantitative estimate of drug-likeness (QED) is 0.775. The van der Waals surface area contributed by atoms with Gasteiger partial charge in [0.25, 0.3) is 5.91 Å². The minimum Gasteiger partial charge on any atom is -0.347 e. The van der Waals surface area contributed by atoms with Gasteiger partial charge in [-0.3, -0.25) is 9.59 Å². The topological polar surface area (TPSA) is 51.1 Å². The lowest BCUT2D eigenvalue weighted by molar-refractivity contribution is 0.102. The van der Waals surface area contributed by atoms with Crippen LogP contribution in [0.5, 0.6) is 0 Å². The maximum Gasteiger partial charge on any atom is 0.261 e. The summed E-state index contributed by atoms with van der Waals surface area (Å²) < 4.78 is 1.87. The van der Waals surface area contributed by atoms with E-state index in [9.17, 15) is 9.59 Å². The highest BCUT2D eigenvalue weighted by Gasteiger charge is 2.15. The SMILES string of the molecule is CCn1cc(C(=O)Nc2ccc(C)cc2)c(=O)c2cc(Cl)ccc21. The van der Waals surface area contributed by atoms with Crippen LogP contribution in [0.4, 0.5) is 5.69 Å². The first-order chi connectivity index (χ1) is 11.5. The Morgan fingerprint density at radius 3 is 2.54 bits per heavy atom. The molecule has 0 radical (unpaired) electrons.